The van der Waals surface area contributed by atoms with Crippen LogP contribution in [-0.4, -0.2) is 110 Å². The molecule has 2 aliphatic rings. The number of hydrogen-bond acceptors (Lipinski definition) is 4. The third-order valence-electron chi connectivity index (χ3n) is 10.8. The lowest BCUT2D eigenvalue weighted by molar-refractivity contribution is -0.888. The normalized spacial score (nSPS) is 14.9. The number of amides is 4. The van der Waals surface area contributed by atoms with Crippen molar-refractivity contribution in [3.8, 4) is 0 Å². The van der Waals surface area contributed by atoms with Gasteiger partial charge in [-0.2, -0.15) is 0 Å². The molecule has 2 heterocycles. The van der Waals surface area contributed by atoms with Gasteiger partial charge < -0.3 is 56.9 Å². The molecule has 48 heavy (non-hydrogen) atoms. The minimum absolute atomic E-state index is 0. The zero-order chi connectivity index (χ0) is 32.7. The second-order valence-corrected chi connectivity index (χ2v) is 14.3. The van der Waals surface area contributed by atoms with E-state index < -0.39 is 0 Å². The van der Waals surface area contributed by atoms with Crippen LogP contribution in [0.3, 0.4) is 0 Å². The van der Waals surface area contributed by atoms with E-state index >= 15 is 0 Å². The molecule has 7 rings (SSSR count). The monoisotopic (exact) mass is 872 g/mol. The molecule has 0 aromatic heterocycles. The van der Waals surface area contributed by atoms with Crippen LogP contribution in [0.25, 0.3) is 43.1 Å². The van der Waals surface area contributed by atoms with Crippen molar-refractivity contribution in [2.45, 2.75) is 26.7 Å². The third-order valence-corrected chi connectivity index (χ3v) is 10.8. The minimum atomic E-state index is -0.253. The van der Waals surface area contributed by atoms with Gasteiger partial charge in [0.05, 0.1) is 54.4 Å². The molecule has 0 N–H and O–H groups in total. The summed E-state index contributed by atoms with van der Waals surface area (Å²) in [6.45, 7) is 8.74. The molecule has 0 unspecified atom stereocenters. The van der Waals surface area contributed by atoms with Gasteiger partial charge in [0.25, 0.3) is 23.6 Å². The molecule has 10 heteroatoms. The smallest absolute Gasteiger partial charge is 0.261 e. The number of fused-ring (bicyclic) bond motifs is 2. The van der Waals surface area contributed by atoms with E-state index in [1.165, 1.54) is 9.80 Å². The van der Waals surface area contributed by atoms with Crippen molar-refractivity contribution in [2.75, 3.05) is 67.5 Å². The summed E-state index contributed by atoms with van der Waals surface area (Å²) in [4.78, 5) is 58.0. The molecule has 8 nitrogen and oxygen atoms in total. The number of hydrogen-bond donors (Lipinski definition) is 0. The van der Waals surface area contributed by atoms with Crippen molar-refractivity contribution in [2.24, 2.45) is 0 Å². The molecule has 0 atom stereocenters. The lowest BCUT2D eigenvalue weighted by Gasteiger charge is -2.32. The predicted molar refractivity (Wildman–Crippen MR) is 183 cm³/mol. The highest BCUT2D eigenvalue weighted by Gasteiger charge is 2.37. The summed E-state index contributed by atoms with van der Waals surface area (Å²) in [5.74, 6) is -1.01. The summed E-state index contributed by atoms with van der Waals surface area (Å²) < 4.78 is 1.66. The van der Waals surface area contributed by atoms with Crippen LogP contribution in [0.1, 0.15) is 68.1 Å². The van der Waals surface area contributed by atoms with E-state index in [0.29, 0.717) is 46.1 Å². The number of nitrogens with zero attached hydrogens (tertiary/aromatic N) is 4. The van der Waals surface area contributed by atoms with Crippen LogP contribution in [0.15, 0.2) is 48.5 Å². The molecule has 0 saturated carbocycles. The maximum absolute atomic E-state index is 13.8. The van der Waals surface area contributed by atoms with Gasteiger partial charge in [-0.3, -0.25) is 29.0 Å². The molecule has 0 aliphatic carbocycles. The summed E-state index contributed by atoms with van der Waals surface area (Å²) in [6.07, 6.45) is 1.47. The van der Waals surface area contributed by atoms with Crippen LogP contribution >= 0.6 is 0 Å². The fourth-order valence-electron chi connectivity index (χ4n) is 7.40. The Bertz CT molecular complexity index is 1870. The van der Waals surface area contributed by atoms with E-state index in [2.05, 4.69) is 42.0 Å². The second kappa shape index (κ2) is 13.1. The molecule has 0 radical (unpaired) electrons. The molecule has 0 saturated heterocycles. The van der Waals surface area contributed by atoms with Gasteiger partial charge in [0.2, 0.25) is 0 Å². The predicted octanol–water partition coefficient (Wildman–Crippen LogP) is -0.0900. The number of halogens is 2. The lowest BCUT2D eigenvalue weighted by atomic mass is 9.82. The molecule has 2 aliphatic heterocycles. The molecule has 252 valence electrons. The average molecular weight is 873 g/mol. The van der Waals surface area contributed by atoms with E-state index in [1.807, 2.05) is 48.5 Å². The Morgan fingerprint density at radius 2 is 0.729 bits per heavy atom. The van der Waals surface area contributed by atoms with Crippen LogP contribution in [0.5, 0.6) is 0 Å². The van der Waals surface area contributed by atoms with E-state index in [9.17, 15) is 19.2 Å². The zero-order valence-electron chi connectivity index (χ0n) is 28.5. The number of carbonyl (C=O) groups is 4. The van der Waals surface area contributed by atoms with E-state index in [1.54, 1.807) is 0 Å². The summed E-state index contributed by atoms with van der Waals surface area (Å²) >= 11 is 0. The summed E-state index contributed by atoms with van der Waals surface area (Å²) in [5, 5.41) is 6.77. The molecule has 5 aromatic rings. The van der Waals surface area contributed by atoms with Crippen LogP contribution in [0, 0.1) is 0 Å². The first-order valence-electron chi connectivity index (χ1n) is 16.5. The number of quaternary nitrogens is 2. The highest BCUT2D eigenvalue weighted by atomic mass is 127. The molecule has 5 aromatic carbocycles. The van der Waals surface area contributed by atoms with Crippen molar-refractivity contribution < 1.29 is 76.1 Å². The first-order chi connectivity index (χ1) is 21.9. The van der Waals surface area contributed by atoms with Gasteiger partial charge in [0.1, 0.15) is 0 Å². The standard InChI is InChI=1S/C38H42N4O4.2HI/c1-7-41(3,4)21-9-19-39-35(43)27-15-11-23-25-13-17-29-34-30(38(46)40(37(29)45)20-10-22-42(5,6)8-2)18-14-26(32(25)34)24-12-16-28(36(39)44)33(27)31(23)24;;/h11-18H,7-10,19-22H2,1-6H3;2*1H/q+2;;/p-2. The van der Waals surface area contributed by atoms with Gasteiger partial charge in [-0.25, -0.2) is 0 Å². The molecule has 4 amide bonds. The topological polar surface area (TPSA) is 74.8 Å². The summed E-state index contributed by atoms with van der Waals surface area (Å²) in [7, 11) is 8.61. The first kappa shape index (κ1) is 36.3. The Balaban J connectivity index is 0.00000225. The zero-order valence-corrected chi connectivity index (χ0v) is 32.8. The summed E-state index contributed by atoms with van der Waals surface area (Å²) in [5.41, 5.74) is 2.16. The highest BCUT2D eigenvalue weighted by molar-refractivity contribution is 6.41. The Morgan fingerprint density at radius 3 is 0.979 bits per heavy atom. The van der Waals surface area contributed by atoms with Crippen molar-refractivity contribution in [3.63, 3.8) is 0 Å². The van der Waals surface area contributed by atoms with E-state index in [4.69, 9.17) is 0 Å². The Kier molecular flexibility index (Phi) is 9.90. The van der Waals surface area contributed by atoms with Crippen molar-refractivity contribution >= 4 is 66.7 Å². The molecule has 0 fully saturated rings. The van der Waals surface area contributed by atoms with E-state index in [-0.39, 0.29) is 71.6 Å². The maximum atomic E-state index is 13.8. The molecular weight excluding hydrogens is 830 g/mol. The summed E-state index contributed by atoms with van der Waals surface area (Å²) in [6, 6.07) is 15.2. The number of benzene rings is 5. The van der Waals surface area contributed by atoms with Crippen LogP contribution in [-0.2, 0) is 0 Å². The van der Waals surface area contributed by atoms with Gasteiger partial charge >= 0.3 is 0 Å². The van der Waals surface area contributed by atoms with Crippen LogP contribution in [0.2, 0.25) is 0 Å². The van der Waals surface area contributed by atoms with Crippen molar-refractivity contribution in [1.82, 2.24) is 9.80 Å². The molecule has 0 bridgehead atoms. The van der Waals surface area contributed by atoms with Crippen molar-refractivity contribution in [1.29, 1.82) is 0 Å². The number of rotatable bonds is 10. The average Bonchev–Trinajstić information content (AvgIpc) is 3.04. The highest BCUT2D eigenvalue weighted by Crippen LogP contribution is 2.46. The molecule has 0 spiro atoms. The first-order valence-corrected chi connectivity index (χ1v) is 16.5. The van der Waals surface area contributed by atoms with Gasteiger partial charge in [-0.15, -0.1) is 0 Å². The maximum Gasteiger partial charge on any atom is 0.261 e. The fraction of sp³-hybridized carbons (Fsp3) is 0.368. The largest absolute Gasteiger partial charge is 1.00 e. The third kappa shape index (κ3) is 5.56. The van der Waals surface area contributed by atoms with Gasteiger partial charge in [0.15, 0.2) is 0 Å². The van der Waals surface area contributed by atoms with Gasteiger partial charge in [0, 0.05) is 59.0 Å². The van der Waals surface area contributed by atoms with E-state index in [0.717, 1.165) is 80.3 Å². The van der Waals surface area contributed by atoms with Crippen LogP contribution in [0.4, 0.5) is 0 Å². The number of imide groups is 2. The molecular formula is C38H42I2N4O4. The minimum Gasteiger partial charge on any atom is -1.00 e. The number of carbonyl (C=O) groups excluding carboxylic acids is 4. The second-order valence-electron chi connectivity index (χ2n) is 14.3. The quantitative estimate of drug-likeness (QED) is 0.0648. The van der Waals surface area contributed by atoms with Crippen molar-refractivity contribution in [3.05, 3.63) is 70.8 Å². The Morgan fingerprint density at radius 1 is 0.458 bits per heavy atom. The Hall–Kier alpha value is -2.94. The van der Waals surface area contributed by atoms with Gasteiger partial charge in [-0.1, -0.05) is 24.3 Å². The SMILES string of the molecule is CC[N+](C)(C)CCCN1C(=O)c2ccc3c4ccc5c6c(ccc(c7ccc(c2c37)C1=O)c64)C(=O)N(CCC[N+](C)(C)CC)C5=O.[I-].[I-]. The lowest BCUT2D eigenvalue weighted by Crippen LogP contribution is -3.00. The fourth-order valence-corrected chi connectivity index (χ4v) is 7.40. The Labute approximate surface area is 315 Å². The van der Waals surface area contributed by atoms with Crippen LogP contribution < -0.4 is 48.0 Å². The van der Waals surface area contributed by atoms with Gasteiger partial charge in [-0.05, 0) is 70.4 Å².